The summed E-state index contributed by atoms with van der Waals surface area (Å²) in [6.45, 7) is 13.8. The number of aryl methyl sites for hydroxylation is 1. The highest BCUT2D eigenvalue weighted by molar-refractivity contribution is 5.96. The van der Waals surface area contributed by atoms with Crippen molar-refractivity contribution in [3.63, 3.8) is 0 Å². The molecular weight excluding hydrogens is 286 g/mol. The molecule has 0 spiro atoms. The van der Waals surface area contributed by atoms with Gasteiger partial charge in [0, 0.05) is 36.4 Å². The minimum atomic E-state index is -0.0488. The van der Waals surface area contributed by atoms with Crippen molar-refractivity contribution in [1.82, 2.24) is 10.2 Å². The summed E-state index contributed by atoms with van der Waals surface area (Å²) < 4.78 is 0. The number of carbonyl (C=O) groups excluding carboxylic acids is 1. The monoisotopic (exact) mass is 317 g/mol. The lowest BCUT2D eigenvalue weighted by Crippen LogP contribution is -2.56. The van der Waals surface area contributed by atoms with Crippen molar-refractivity contribution < 1.29 is 4.79 Å². The number of benzene rings is 1. The zero-order valence-electron chi connectivity index (χ0n) is 15.1. The Labute approximate surface area is 140 Å². The first-order valence-corrected chi connectivity index (χ1v) is 8.58. The van der Waals surface area contributed by atoms with Crippen LogP contribution in [0.5, 0.6) is 0 Å². The molecule has 2 rings (SSSR count). The number of amides is 1. The molecule has 0 radical (unpaired) electrons. The molecule has 4 nitrogen and oxygen atoms in total. The number of likely N-dealkylation sites (tertiary alicyclic amines) is 1. The first-order chi connectivity index (χ1) is 10.7. The Kier molecular flexibility index (Phi) is 5.35. The number of hydrogen-bond donors (Lipinski definition) is 2. The molecule has 1 saturated heterocycles. The summed E-state index contributed by atoms with van der Waals surface area (Å²) in [7, 11) is 0. The first-order valence-electron chi connectivity index (χ1n) is 8.58. The summed E-state index contributed by atoms with van der Waals surface area (Å²) in [4.78, 5) is 15.0. The standard InChI is InChI=1S/C19H31N3O/c1-13-8-14(2)11-22(10-13)19(4,5)12-21-18(23)17-9-16(20)7-6-15(17)3/h6-7,9,13-14H,8,10-12,20H2,1-5H3,(H,21,23). The maximum Gasteiger partial charge on any atom is 0.251 e. The van der Waals surface area contributed by atoms with Crippen molar-refractivity contribution in [1.29, 1.82) is 0 Å². The van der Waals surface area contributed by atoms with Crippen molar-refractivity contribution in [2.45, 2.75) is 46.6 Å². The molecule has 1 aliphatic rings. The first kappa shape index (κ1) is 17.8. The largest absolute Gasteiger partial charge is 0.399 e. The van der Waals surface area contributed by atoms with Gasteiger partial charge in [-0.1, -0.05) is 19.9 Å². The number of nitrogen functional groups attached to an aromatic ring is 1. The van der Waals surface area contributed by atoms with E-state index in [0.29, 0.717) is 29.6 Å². The zero-order chi connectivity index (χ0) is 17.2. The van der Waals surface area contributed by atoms with Gasteiger partial charge in [-0.15, -0.1) is 0 Å². The molecule has 23 heavy (non-hydrogen) atoms. The van der Waals surface area contributed by atoms with E-state index in [9.17, 15) is 4.79 Å². The molecule has 1 fully saturated rings. The Morgan fingerprint density at radius 1 is 1.30 bits per heavy atom. The molecule has 0 aliphatic carbocycles. The van der Waals surface area contributed by atoms with Gasteiger partial charge in [0.05, 0.1) is 0 Å². The fraction of sp³-hybridized carbons (Fsp3) is 0.632. The van der Waals surface area contributed by atoms with Crippen LogP contribution in [-0.4, -0.2) is 36.0 Å². The lowest BCUT2D eigenvalue weighted by molar-refractivity contribution is 0.0445. The van der Waals surface area contributed by atoms with E-state index in [1.807, 2.05) is 19.1 Å². The van der Waals surface area contributed by atoms with Gasteiger partial charge in [-0.3, -0.25) is 9.69 Å². The molecule has 2 unspecified atom stereocenters. The minimum absolute atomic E-state index is 0.0408. The Morgan fingerprint density at radius 2 is 1.91 bits per heavy atom. The number of piperidine rings is 1. The van der Waals surface area contributed by atoms with Crippen molar-refractivity contribution in [2.75, 3.05) is 25.4 Å². The molecule has 1 heterocycles. The van der Waals surface area contributed by atoms with Gasteiger partial charge in [-0.25, -0.2) is 0 Å². The van der Waals surface area contributed by atoms with E-state index in [-0.39, 0.29) is 11.4 Å². The number of hydrogen-bond acceptors (Lipinski definition) is 3. The van der Waals surface area contributed by atoms with Crippen LogP contribution in [0.2, 0.25) is 0 Å². The maximum absolute atomic E-state index is 12.5. The van der Waals surface area contributed by atoms with E-state index >= 15 is 0 Å². The van der Waals surface area contributed by atoms with Crippen LogP contribution in [0.25, 0.3) is 0 Å². The van der Waals surface area contributed by atoms with Crippen LogP contribution in [0.3, 0.4) is 0 Å². The molecule has 1 aromatic carbocycles. The number of nitrogens with two attached hydrogens (primary N) is 1. The van der Waals surface area contributed by atoms with Gasteiger partial charge in [0.15, 0.2) is 0 Å². The number of rotatable bonds is 4. The molecule has 0 saturated carbocycles. The van der Waals surface area contributed by atoms with Crippen LogP contribution < -0.4 is 11.1 Å². The van der Waals surface area contributed by atoms with Crippen molar-refractivity contribution in [3.8, 4) is 0 Å². The van der Waals surface area contributed by atoms with Crippen molar-refractivity contribution in [3.05, 3.63) is 29.3 Å². The molecular formula is C19H31N3O. The molecule has 1 aromatic rings. The average molecular weight is 317 g/mol. The van der Waals surface area contributed by atoms with E-state index in [0.717, 1.165) is 18.7 Å². The zero-order valence-corrected chi connectivity index (χ0v) is 15.1. The number of nitrogens with one attached hydrogen (secondary N) is 1. The van der Waals surface area contributed by atoms with Gasteiger partial charge in [0.2, 0.25) is 0 Å². The van der Waals surface area contributed by atoms with E-state index in [1.165, 1.54) is 6.42 Å². The second kappa shape index (κ2) is 6.91. The van der Waals surface area contributed by atoms with E-state index in [2.05, 4.69) is 37.9 Å². The van der Waals surface area contributed by atoms with Crippen LogP contribution in [0.15, 0.2) is 18.2 Å². The summed E-state index contributed by atoms with van der Waals surface area (Å²) in [5, 5.41) is 3.10. The van der Waals surface area contributed by atoms with Gasteiger partial charge in [0.1, 0.15) is 0 Å². The van der Waals surface area contributed by atoms with Crippen LogP contribution in [0.1, 0.15) is 50.0 Å². The third-order valence-electron chi connectivity index (χ3n) is 4.91. The highest BCUT2D eigenvalue weighted by Gasteiger charge is 2.33. The smallest absolute Gasteiger partial charge is 0.251 e. The molecule has 0 bridgehead atoms. The topological polar surface area (TPSA) is 58.4 Å². The van der Waals surface area contributed by atoms with Gasteiger partial charge in [-0.05, 0) is 56.7 Å². The highest BCUT2D eigenvalue weighted by atomic mass is 16.1. The van der Waals surface area contributed by atoms with Gasteiger partial charge in [0.25, 0.3) is 5.91 Å². The second-order valence-corrected chi connectivity index (χ2v) is 7.92. The fourth-order valence-electron chi connectivity index (χ4n) is 3.55. The third kappa shape index (κ3) is 4.47. The van der Waals surface area contributed by atoms with Crippen LogP contribution in [-0.2, 0) is 0 Å². The fourth-order valence-corrected chi connectivity index (χ4v) is 3.55. The summed E-state index contributed by atoms with van der Waals surface area (Å²) in [5.74, 6) is 1.38. The Hall–Kier alpha value is -1.55. The number of nitrogens with zero attached hydrogens (tertiary/aromatic N) is 1. The SMILES string of the molecule is Cc1ccc(N)cc1C(=O)NCC(C)(C)N1CC(C)CC(C)C1. The Balaban J connectivity index is 2.01. The molecule has 128 valence electrons. The van der Waals surface area contributed by atoms with E-state index in [1.54, 1.807) is 6.07 Å². The summed E-state index contributed by atoms with van der Waals surface area (Å²) in [6.07, 6.45) is 1.29. The number of carbonyl (C=O) groups is 1. The quantitative estimate of drug-likeness (QED) is 0.839. The summed E-state index contributed by atoms with van der Waals surface area (Å²) in [5.41, 5.74) is 8.00. The molecule has 2 atom stereocenters. The van der Waals surface area contributed by atoms with Crippen molar-refractivity contribution in [2.24, 2.45) is 11.8 Å². The normalized spacial score (nSPS) is 22.8. The van der Waals surface area contributed by atoms with Crippen LogP contribution in [0, 0.1) is 18.8 Å². The molecule has 0 aromatic heterocycles. The van der Waals surface area contributed by atoms with Gasteiger partial charge in [-0.2, -0.15) is 0 Å². The average Bonchev–Trinajstić information content (AvgIpc) is 2.46. The van der Waals surface area contributed by atoms with Gasteiger partial charge >= 0.3 is 0 Å². The Bertz CT molecular complexity index is 558. The Morgan fingerprint density at radius 3 is 2.52 bits per heavy atom. The minimum Gasteiger partial charge on any atom is -0.399 e. The summed E-state index contributed by atoms with van der Waals surface area (Å²) in [6, 6.07) is 5.47. The molecule has 1 aliphatic heterocycles. The predicted molar refractivity (Wildman–Crippen MR) is 96.5 cm³/mol. The van der Waals surface area contributed by atoms with Crippen LogP contribution >= 0.6 is 0 Å². The molecule has 3 N–H and O–H groups in total. The number of anilines is 1. The highest BCUT2D eigenvalue weighted by Crippen LogP contribution is 2.27. The second-order valence-electron chi connectivity index (χ2n) is 7.92. The predicted octanol–water partition coefficient (Wildman–Crippen LogP) is 3.06. The van der Waals surface area contributed by atoms with Crippen molar-refractivity contribution >= 4 is 11.6 Å². The molecule has 4 heteroatoms. The molecule has 1 amide bonds. The van der Waals surface area contributed by atoms with E-state index < -0.39 is 0 Å². The lowest BCUT2D eigenvalue weighted by atomic mass is 9.88. The van der Waals surface area contributed by atoms with Gasteiger partial charge < -0.3 is 11.1 Å². The summed E-state index contributed by atoms with van der Waals surface area (Å²) >= 11 is 0. The third-order valence-corrected chi connectivity index (χ3v) is 4.91. The maximum atomic E-state index is 12.5. The van der Waals surface area contributed by atoms with Crippen LogP contribution in [0.4, 0.5) is 5.69 Å². The van der Waals surface area contributed by atoms with E-state index in [4.69, 9.17) is 5.73 Å². The lowest BCUT2D eigenvalue weighted by Gasteiger charge is -2.45.